The number of amides is 1. The normalized spacial score (nSPS) is 10.6. The van der Waals surface area contributed by atoms with Crippen LogP contribution in [0.25, 0.3) is 11.3 Å². The Morgan fingerprint density at radius 3 is 2.50 bits per heavy atom. The van der Waals surface area contributed by atoms with E-state index >= 15 is 0 Å². The Hall–Kier alpha value is -3.08. The standard InChI is InChI=1S/C23H26N2O3/c1-3-4-5-6-15-27-20-13-11-19(12-14-20)23(26)24-22-16-21(25-28-22)18-9-7-17(2)8-10-18/h7-14,16H,3-6,15H2,1-2H3,(H,24,26). The molecular weight excluding hydrogens is 352 g/mol. The lowest BCUT2D eigenvalue weighted by Gasteiger charge is -2.07. The van der Waals surface area contributed by atoms with E-state index in [9.17, 15) is 4.79 Å². The van der Waals surface area contributed by atoms with Crippen LogP contribution in [0.5, 0.6) is 5.75 Å². The molecule has 5 nitrogen and oxygen atoms in total. The molecule has 0 aliphatic carbocycles. The summed E-state index contributed by atoms with van der Waals surface area (Å²) in [6, 6.07) is 16.8. The van der Waals surface area contributed by atoms with Crippen LogP contribution < -0.4 is 10.1 Å². The van der Waals surface area contributed by atoms with Crippen LogP contribution >= 0.6 is 0 Å². The summed E-state index contributed by atoms with van der Waals surface area (Å²) in [6.07, 6.45) is 4.67. The summed E-state index contributed by atoms with van der Waals surface area (Å²) in [4.78, 5) is 12.4. The van der Waals surface area contributed by atoms with Crippen molar-refractivity contribution in [1.29, 1.82) is 0 Å². The lowest BCUT2D eigenvalue weighted by Crippen LogP contribution is -2.11. The van der Waals surface area contributed by atoms with E-state index in [1.54, 1.807) is 18.2 Å². The predicted molar refractivity (Wildman–Crippen MR) is 111 cm³/mol. The molecule has 28 heavy (non-hydrogen) atoms. The number of benzene rings is 2. The minimum atomic E-state index is -0.249. The highest BCUT2D eigenvalue weighted by atomic mass is 16.5. The average Bonchev–Trinajstić information content (AvgIpc) is 3.17. The lowest BCUT2D eigenvalue weighted by atomic mass is 10.1. The molecule has 0 aliphatic heterocycles. The fourth-order valence-electron chi connectivity index (χ4n) is 2.80. The Morgan fingerprint density at radius 1 is 1.04 bits per heavy atom. The topological polar surface area (TPSA) is 64.4 Å². The largest absolute Gasteiger partial charge is 0.494 e. The number of unbranched alkanes of at least 4 members (excludes halogenated alkanes) is 3. The molecule has 0 aliphatic rings. The molecular formula is C23H26N2O3. The summed E-state index contributed by atoms with van der Waals surface area (Å²) in [7, 11) is 0. The first kappa shape index (κ1) is 19.7. The number of rotatable bonds is 9. The van der Waals surface area contributed by atoms with Crippen molar-refractivity contribution in [1.82, 2.24) is 5.16 Å². The van der Waals surface area contributed by atoms with Crippen molar-refractivity contribution < 1.29 is 14.1 Å². The van der Waals surface area contributed by atoms with E-state index in [-0.39, 0.29) is 5.91 Å². The molecule has 0 atom stereocenters. The number of anilines is 1. The van der Waals surface area contributed by atoms with Crippen LogP contribution in [-0.2, 0) is 0 Å². The summed E-state index contributed by atoms with van der Waals surface area (Å²) in [5.74, 6) is 0.840. The van der Waals surface area contributed by atoms with Crippen molar-refractivity contribution in [3.05, 3.63) is 65.7 Å². The Morgan fingerprint density at radius 2 is 1.79 bits per heavy atom. The summed E-state index contributed by atoms with van der Waals surface area (Å²) in [5.41, 5.74) is 3.33. The first-order valence-electron chi connectivity index (χ1n) is 9.73. The summed E-state index contributed by atoms with van der Waals surface area (Å²) >= 11 is 0. The van der Waals surface area contributed by atoms with E-state index in [0.29, 0.717) is 23.7 Å². The van der Waals surface area contributed by atoms with E-state index in [4.69, 9.17) is 9.26 Å². The Labute approximate surface area is 165 Å². The lowest BCUT2D eigenvalue weighted by molar-refractivity contribution is 0.102. The van der Waals surface area contributed by atoms with E-state index in [1.165, 1.54) is 24.8 Å². The first-order valence-corrected chi connectivity index (χ1v) is 9.73. The molecule has 3 rings (SSSR count). The number of aryl methyl sites for hydroxylation is 1. The minimum Gasteiger partial charge on any atom is -0.494 e. The second kappa shape index (κ2) is 9.74. The van der Waals surface area contributed by atoms with Crippen molar-refractivity contribution in [2.24, 2.45) is 0 Å². The van der Waals surface area contributed by atoms with Gasteiger partial charge in [0.25, 0.3) is 5.91 Å². The third-order valence-corrected chi connectivity index (χ3v) is 4.48. The van der Waals surface area contributed by atoms with E-state index in [0.717, 1.165) is 17.7 Å². The van der Waals surface area contributed by atoms with Gasteiger partial charge >= 0.3 is 0 Å². The number of hydrogen-bond donors (Lipinski definition) is 1. The minimum absolute atomic E-state index is 0.249. The molecule has 5 heteroatoms. The smallest absolute Gasteiger partial charge is 0.258 e. The molecule has 2 aromatic carbocycles. The maximum absolute atomic E-state index is 12.4. The summed E-state index contributed by atoms with van der Waals surface area (Å²) in [6.45, 7) is 4.92. The fraction of sp³-hybridized carbons (Fsp3) is 0.304. The molecule has 0 saturated carbocycles. The van der Waals surface area contributed by atoms with Crippen LogP contribution in [-0.4, -0.2) is 17.7 Å². The second-order valence-electron chi connectivity index (χ2n) is 6.83. The highest BCUT2D eigenvalue weighted by Crippen LogP contribution is 2.22. The molecule has 0 saturated heterocycles. The number of aromatic nitrogens is 1. The van der Waals surface area contributed by atoms with Gasteiger partial charge in [0.05, 0.1) is 6.61 Å². The van der Waals surface area contributed by atoms with E-state index in [2.05, 4.69) is 17.4 Å². The zero-order valence-corrected chi connectivity index (χ0v) is 16.4. The molecule has 1 aromatic heterocycles. The fourth-order valence-corrected chi connectivity index (χ4v) is 2.80. The molecule has 146 valence electrons. The first-order chi connectivity index (χ1) is 13.7. The number of ether oxygens (including phenoxy) is 1. The summed E-state index contributed by atoms with van der Waals surface area (Å²) in [5, 5.41) is 6.76. The molecule has 1 amide bonds. The Balaban J connectivity index is 1.54. The van der Waals surface area contributed by atoms with Crippen LogP contribution in [0, 0.1) is 6.92 Å². The van der Waals surface area contributed by atoms with Crippen LogP contribution in [0.2, 0.25) is 0 Å². The van der Waals surface area contributed by atoms with Gasteiger partial charge in [-0.1, -0.05) is 61.2 Å². The van der Waals surface area contributed by atoms with Gasteiger partial charge in [0.2, 0.25) is 5.88 Å². The van der Waals surface area contributed by atoms with Crippen molar-refractivity contribution in [2.45, 2.75) is 39.5 Å². The Kier molecular flexibility index (Phi) is 6.84. The van der Waals surface area contributed by atoms with Crippen LogP contribution in [0.3, 0.4) is 0 Å². The number of nitrogens with zero attached hydrogens (tertiary/aromatic N) is 1. The zero-order valence-electron chi connectivity index (χ0n) is 16.4. The van der Waals surface area contributed by atoms with Gasteiger partial charge in [-0.05, 0) is 37.6 Å². The van der Waals surface area contributed by atoms with Crippen molar-refractivity contribution in [3.63, 3.8) is 0 Å². The van der Waals surface area contributed by atoms with Crippen LogP contribution in [0.4, 0.5) is 5.88 Å². The van der Waals surface area contributed by atoms with Gasteiger partial charge in [-0.3, -0.25) is 10.1 Å². The van der Waals surface area contributed by atoms with Gasteiger partial charge in [0, 0.05) is 17.2 Å². The van der Waals surface area contributed by atoms with Crippen LogP contribution in [0.15, 0.2) is 59.1 Å². The van der Waals surface area contributed by atoms with Crippen molar-refractivity contribution in [2.75, 3.05) is 11.9 Å². The number of carbonyl (C=O) groups is 1. The van der Waals surface area contributed by atoms with Gasteiger partial charge in [0.1, 0.15) is 11.4 Å². The molecule has 0 unspecified atom stereocenters. The van der Waals surface area contributed by atoms with E-state index < -0.39 is 0 Å². The molecule has 1 N–H and O–H groups in total. The van der Waals surface area contributed by atoms with Gasteiger partial charge in [-0.15, -0.1) is 0 Å². The second-order valence-corrected chi connectivity index (χ2v) is 6.83. The zero-order chi connectivity index (χ0) is 19.8. The van der Waals surface area contributed by atoms with Gasteiger partial charge < -0.3 is 9.26 Å². The van der Waals surface area contributed by atoms with Gasteiger partial charge in [0.15, 0.2) is 0 Å². The highest BCUT2D eigenvalue weighted by molar-refractivity contribution is 6.03. The third-order valence-electron chi connectivity index (χ3n) is 4.48. The number of carbonyl (C=O) groups excluding carboxylic acids is 1. The average molecular weight is 378 g/mol. The molecule has 0 bridgehead atoms. The number of hydrogen-bond acceptors (Lipinski definition) is 4. The maximum Gasteiger partial charge on any atom is 0.258 e. The van der Waals surface area contributed by atoms with Crippen LogP contribution in [0.1, 0.15) is 48.5 Å². The third kappa shape index (κ3) is 5.46. The number of nitrogens with one attached hydrogen (secondary N) is 1. The van der Waals surface area contributed by atoms with E-state index in [1.807, 2.05) is 43.3 Å². The SMILES string of the molecule is CCCCCCOc1ccc(C(=O)Nc2cc(-c3ccc(C)cc3)no2)cc1. The molecule has 3 aromatic rings. The Bertz CT molecular complexity index is 883. The predicted octanol–water partition coefficient (Wildman–Crippen LogP) is 5.86. The highest BCUT2D eigenvalue weighted by Gasteiger charge is 2.11. The maximum atomic E-state index is 12.4. The quantitative estimate of drug-likeness (QED) is 0.474. The van der Waals surface area contributed by atoms with Gasteiger partial charge in [-0.25, -0.2) is 0 Å². The summed E-state index contributed by atoms with van der Waals surface area (Å²) < 4.78 is 10.9. The molecule has 1 heterocycles. The van der Waals surface area contributed by atoms with Crippen molar-refractivity contribution >= 4 is 11.8 Å². The molecule has 0 fully saturated rings. The molecule has 0 radical (unpaired) electrons. The van der Waals surface area contributed by atoms with Crippen molar-refractivity contribution in [3.8, 4) is 17.0 Å². The van der Waals surface area contributed by atoms with Gasteiger partial charge in [-0.2, -0.15) is 0 Å². The monoisotopic (exact) mass is 378 g/mol. The molecule has 0 spiro atoms.